The van der Waals surface area contributed by atoms with Crippen molar-refractivity contribution in [1.82, 2.24) is 9.13 Å². The van der Waals surface area contributed by atoms with Crippen LogP contribution in [0.2, 0.25) is 0 Å². The van der Waals surface area contributed by atoms with Crippen molar-refractivity contribution in [3.05, 3.63) is 178 Å². The highest BCUT2D eigenvalue weighted by molar-refractivity contribution is 5.92. The minimum absolute atomic E-state index is 0.167. The van der Waals surface area contributed by atoms with Crippen LogP contribution in [0.1, 0.15) is 25.0 Å². The highest BCUT2D eigenvalue weighted by Crippen LogP contribution is 2.52. The molecule has 0 saturated carbocycles. The number of hydrogen-bond donors (Lipinski definition) is 0. The summed E-state index contributed by atoms with van der Waals surface area (Å²) in [6.45, 7) is 4.57. The van der Waals surface area contributed by atoms with Gasteiger partial charge in [0, 0.05) is 29.4 Å². The molecule has 0 saturated heterocycles. The minimum Gasteiger partial charge on any atom is -0.344 e. The number of anilines is 2. The highest BCUT2D eigenvalue weighted by atomic mass is 16.2. The fraction of sp³-hybridized carbons (Fsp3) is 0.0952. The summed E-state index contributed by atoms with van der Waals surface area (Å²) in [5, 5.41) is 0.474. The molecule has 228 valence electrons. The standard InChI is InChI=1S/C42H33N3O2/c1-42(2)36-23-12-10-21-32(36)35-26-34(28-15-6-4-7-16-28)39(27-37(35)42)43(3)30-19-14-20-31(25-30)45-40(46)33-22-11-13-24-38(33)44(41(45)47)29-17-8-5-9-18-29/h4-27H,1-3H3. The molecule has 6 aromatic carbocycles. The van der Waals surface area contributed by atoms with Crippen molar-refractivity contribution in [3.63, 3.8) is 0 Å². The topological polar surface area (TPSA) is 47.2 Å². The van der Waals surface area contributed by atoms with E-state index in [1.54, 1.807) is 10.6 Å². The summed E-state index contributed by atoms with van der Waals surface area (Å²) in [6, 6.07) is 48.2. The first-order chi connectivity index (χ1) is 22.8. The lowest BCUT2D eigenvalue weighted by atomic mass is 9.81. The molecular formula is C42H33N3O2. The van der Waals surface area contributed by atoms with Crippen LogP contribution >= 0.6 is 0 Å². The highest BCUT2D eigenvalue weighted by Gasteiger charge is 2.36. The maximum absolute atomic E-state index is 14.2. The Bertz CT molecular complexity index is 2440. The van der Waals surface area contributed by atoms with Gasteiger partial charge in [-0.25, -0.2) is 9.36 Å². The van der Waals surface area contributed by atoms with Gasteiger partial charge in [-0.3, -0.25) is 9.36 Å². The molecule has 0 bridgehead atoms. The van der Waals surface area contributed by atoms with Gasteiger partial charge in [0.1, 0.15) is 0 Å². The fourth-order valence-electron chi connectivity index (χ4n) is 7.16. The summed E-state index contributed by atoms with van der Waals surface area (Å²) in [4.78, 5) is 30.3. The molecule has 5 nitrogen and oxygen atoms in total. The average molecular weight is 612 g/mol. The van der Waals surface area contributed by atoms with E-state index in [1.807, 2.05) is 85.9 Å². The molecule has 0 spiro atoms. The lowest BCUT2D eigenvalue weighted by Crippen LogP contribution is -2.38. The number of rotatable bonds is 5. The summed E-state index contributed by atoms with van der Waals surface area (Å²) in [7, 11) is 2.05. The zero-order chi connectivity index (χ0) is 32.3. The number of hydrogen-bond acceptors (Lipinski definition) is 3. The van der Waals surface area contributed by atoms with Crippen molar-refractivity contribution in [2.75, 3.05) is 11.9 Å². The summed E-state index contributed by atoms with van der Waals surface area (Å²) in [5.41, 5.74) is 10.1. The summed E-state index contributed by atoms with van der Waals surface area (Å²) in [5.74, 6) is 0. The molecule has 0 amide bonds. The molecule has 8 rings (SSSR count). The van der Waals surface area contributed by atoms with Crippen molar-refractivity contribution >= 4 is 22.3 Å². The second-order valence-corrected chi connectivity index (χ2v) is 12.6. The normalized spacial score (nSPS) is 12.9. The molecule has 47 heavy (non-hydrogen) atoms. The SMILES string of the molecule is CN(c1cccc(-n2c(=O)c3ccccc3n(-c3ccccc3)c2=O)c1)c1cc2c(cc1-c1ccccc1)-c1ccccc1C2(C)C. The van der Waals surface area contributed by atoms with E-state index in [9.17, 15) is 9.59 Å². The Labute approximate surface area is 273 Å². The maximum Gasteiger partial charge on any atom is 0.340 e. The van der Waals surface area contributed by atoms with Crippen LogP contribution in [0.3, 0.4) is 0 Å². The van der Waals surface area contributed by atoms with Crippen LogP contribution in [-0.2, 0) is 5.41 Å². The van der Waals surface area contributed by atoms with Crippen LogP contribution < -0.4 is 16.1 Å². The third kappa shape index (κ3) is 4.46. The monoisotopic (exact) mass is 611 g/mol. The van der Waals surface area contributed by atoms with Crippen LogP contribution in [-0.4, -0.2) is 16.2 Å². The second kappa shape index (κ2) is 10.8. The number of nitrogens with zero attached hydrogens (tertiary/aromatic N) is 3. The van der Waals surface area contributed by atoms with Crippen molar-refractivity contribution < 1.29 is 0 Å². The number of para-hydroxylation sites is 2. The molecule has 0 atom stereocenters. The Hall–Kier alpha value is -5.94. The van der Waals surface area contributed by atoms with E-state index in [-0.39, 0.29) is 11.0 Å². The Morgan fingerprint density at radius 2 is 1.21 bits per heavy atom. The van der Waals surface area contributed by atoms with Gasteiger partial charge in [-0.05, 0) is 82.4 Å². The first-order valence-corrected chi connectivity index (χ1v) is 15.8. The van der Waals surface area contributed by atoms with Crippen molar-refractivity contribution in [2.24, 2.45) is 0 Å². The quantitative estimate of drug-likeness (QED) is 0.195. The lowest BCUT2D eigenvalue weighted by molar-refractivity contribution is 0.660. The third-order valence-corrected chi connectivity index (χ3v) is 9.60. The zero-order valence-corrected chi connectivity index (χ0v) is 26.5. The fourth-order valence-corrected chi connectivity index (χ4v) is 7.16. The number of benzene rings is 6. The van der Waals surface area contributed by atoms with E-state index in [4.69, 9.17) is 0 Å². The van der Waals surface area contributed by atoms with Gasteiger partial charge in [0.2, 0.25) is 0 Å². The van der Waals surface area contributed by atoms with Gasteiger partial charge in [0.25, 0.3) is 5.56 Å². The van der Waals surface area contributed by atoms with E-state index < -0.39 is 5.69 Å². The van der Waals surface area contributed by atoms with E-state index in [1.165, 1.54) is 26.8 Å². The van der Waals surface area contributed by atoms with Crippen molar-refractivity contribution in [3.8, 4) is 33.6 Å². The molecule has 0 unspecified atom stereocenters. The summed E-state index contributed by atoms with van der Waals surface area (Å²) < 4.78 is 2.90. The van der Waals surface area contributed by atoms with Crippen LogP contribution in [0.25, 0.3) is 44.5 Å². The van der Waals surface area contributed by atoms with Gasteiger partial charge in [0.15, 0.2) is 0 Å². The molecule has 0 aliphatic heterocycles. The molecule has 1 aromatic heterocycles. The van der Waals surface area contributed by atoms with Crippen molar-refractivity contribution in [2.45, 2.75) is 19.3 Å². The van der Waals surface area contributed by atoms with Crippen molar-refractivity contribution in [1.29, 1.82) is 0 Å². The maximum atomic E-state index is 14.2. The molecule has 1 heterocycles. The first-order valence-electron chi connectivity index (χ1n) is 15.8. The van der Waals surface area contributed by atoms with Gasteiger partial charge in [-0.2, -0.15) is 0 Å². The lowest BCUT2D eigenvalue weighted by Gasteiger charge is -2.27. The van der Waals surface area contributed by atoms with Gasteiger partial charge in [-0.1, -0.05) is 105 Å². The Morgan fingerprint density at radius 1 is 0.553 bits per heavy atom. The third-order valence-electron chi connectivity index (χ3n) is 9.60. The predicted octanol–water partition coefficient (Wildman–Crippen LogP) is 8.88. The van der Waals surface area contributed by atoms with Crippen LogP contribution in [0.15, 0.2) is 155 Å². The molecule has 0 fully saturated rings. The van der Waals surface area contributed by atoms with Gasteiger partial charge >= 0.3 is 5.69 Å². The smallest absolute Gasteiger partial charge is 0.340 e. The largest absolute Gasteiger partial charge is 0.344 e. The molecule has 7 aromatic rings. The molecule has 5 heteroatoms. The second-order valence-electron chi connectivity index (χ2n) is 12.6. The van der Waals surface area contributed by atoms with Crippen LogP contribution in [0, 0.1) is 0 Å². The molecule has 1 aliphatic carbocycles. The minimum atomic E-state index is -0.415. The summed E-state index contributed by atoms with van der Waals surface area (Å²) >= 11 is 0. The van der Waals surface area contributed by atoms with Crippen LogP contribution in [0.5, 0.6) is 0 Å². The summed E-state index contributed by atoms with van der Waals surface area (Å²) in [6.07, 6.45) is 0. The van der Waals surface area contributed by atoms with Gasteiger partial charge < -0.3 is 4.90 Å². The molecule has 1 aliphatic rings. The van der Waals surface area contributed by atoms with Gasteiger partial charge in [-0.15, -0.1) is 0 Å². The predicted molar refractivity (Wildman–Crippen MR) is 193 cm³/mol. The van der Waals surface area contributed by atoms with Crippen LogP contribution in [0.4, 0.5) is 11.4 Å². The van der Waals surface area contributed by atoms with E-state index in [2.05, 4.69) is 79.4 Å². The Balaban J connectivity index is 1.32. The number of aromatic nitrogens is 2. The Morgan fingerprint density at radius 3 is 2.00 bits per heavy atom. The van der Waals surface area contributed by atoms with Gasteiger partial charge in [0.05, 0.1) is 22.3 Å². The number of fused-ring (bicyclic) bond motifs is 4. The molecule has 0 radical (unpaired) electrons. The molecule has 0 N–H and O–H groups in total. The van der Waals surface area contributed by atoms with E-state index in [0.717, 1.165) is 22.5 Å². The first kappa shape index (κ1) is 28.5. The Kier molecular flexibility index (Phi) is 6.58. The average Bonchev–Trinajstić information content (AvgIpc) is 3.34. The molecular weight excluding hydrogens is 578 g/mol. The zero-order valence-electron chi connectivity index (χ0n) is 26.5. The van der Waals surface area contributed by atoms with E-state index >= 15 is 0 Å². The van der Waals surface area contributed by atoms with E-state index in [0.29, 0.717) is 22.3 Å².